The van der Waals surface area contributed by atoms with E-state index in [-0.39, 0.29) is 5.91 Å². The molecule has 1 heterocycles. The highest BCUT2D eigenvalue weighted by molar-refractivity contribution is 14.1. The van der Waals surface area contributed by atoms with Crippen molar-refractivity contribution in [1.82, 2.24) is 0 Å². The summed E-state index contributed by atoms with van der Waals surface area (Å²) < 4.78 is 1.05. The molecule has 72 valence electrons. The largest absolute Gasteiger partial charge is 0.324 e. The molecule has 1 aromatic carbocycles. The second-order valence-electron chi connectivity index (χ2n) is 3.22. The second kappa shape index (κ2) is 3.06. The van der Waals surface area contributed by atoms with Crippen LogP contribution in [0.4, 0.5) is 5.69 Å². The minimum absolute atomic E-state index is 0.218. The molecule has 0 saturated carbocycles. The smallest absolute Gasteiger partial charge is 0.253 e. The average molecular weight is 300 g/mol. The zero-order valence-corrected chi connectivity index (χ0v) is 9.54. The van der Waals surface area contributed by atoms with Crippen LogP contribution in [0.5, 0.6) is 0 Å². The summed E-state index contributed by atoms with van der Waals surface area (Å²) in [6.07, 6.45) is 1.48. The lowest BCUT2D eigenvalue weighted by atomic mass is 9.93. The minimum atomic E-state index is -1.07. The SMILES string of the molecule is C=CC1(N)C(=O)Nc2ccc(I)cc21. The Morgan fingerprint density at radius 1 is 1.57 bits per heavy atom. The van der Waals surface area contributed by atoms with Crippen molar-refractivity contribution in [1.29, 1.82) is 0 Å². The highest BCUT2D eigenvalue weighted by atomic mass is 127. The standard InChI is InChI=1S/C10H9IN2O/c1-2-10(12)7-5-6(11)3-4-8(7)13-9(10)14/h2-5H,1,12H2,(H,13,14). The van der Waals surface area contributed by atoms with Crippen molar-refractivity contribution in [3.05, 3.63) is 40.0 Å². The summed E-state index contributed by atoms with van der Waals surface area (Å²) >= 11 is 2.18. The Labute approximate surface area is 95.5 Å². The Balaban J connectivity index is 2.67. The Morgan fingerprint density at radius 3 is 2.93 bits per heavy atom. The summed E-state index contributed by atoms with van der Waals surface area (Å²) in [6, 6.07) is 5.68. The van der Waals surface area contributed by atoms with Gasteiger partial charge in [-0.05, 0) is 40.8 Å². The van der Waals surface area contributed by atoms with Gasteiger partial charge in [0, 0.05) is 14.8 Å². The molecule has 0 fully saturated rings. The molecular formula is C10H9IN2O. The molecule has 0 bridgehead atoms. The van der Waals surface area contributed by atoms with Crippen molar-refractivity contribution in [2.75, 3.05) is 5.32 Å². The summed E-state index contributed by atoms with van der Waals surface area (Å²) in [5.74, 6) is -0.218. The molecule has 1 aromatic rings. The maximum atomic E-state index is 11.6. The molecule has 1 aliphatic heterocycles. The van der Waals surface area contributed by atoms with Gasteiger partial charge in [-0.25, -0.2) is 0 Å². The first kappa shape index (κ1) is 9.67. The van der Waals surface area contributed by atoms with Gasteiger partial charge < -0.3 is 11.1 Å². The number of carbonyl (C=O) groups is 1. The Bertz CT molecular complexity index is 430. The van der Waals surface area contributed by atoms with Crippen LogP contribution in [0.15, 0.2) is 30.9 Å². The molecule has 1 amide bonds. The van der Waals surface area contributed by atoms with Gasteiger partial charge in [0.05, 0.1) is 0 Å². The lowest BCUT2D eigenvalue weighted by molar-refractivity contribution is -0.119. The van der Waals surface area contributed by atoms with Gasteiger partial charge >= 0.3 is 0 Å². The highest BCUT2D eigenvalue weighted by Gasteiger charge is 2.40. The molecule has 0 saturated heterocycles. The van der Waals surface area contributed by atoms with Crippen molar-refractivity contribution in [2.24, 2.45) is 5.73 Å². The van der Waals surface area contributed by atoms with E-state index in [2.05, 4.69) is 34.5 Å². The number of halogens is 1. The van der Waals surface area contributed by atoms with E-state index in [0.717, 1.165) is 14.8 Å². The molecule has 14 heavy (non-hydrogen) atoms. The van der Waals surface area contributed by atoms with Gasteiger partial charge in [-0.1, -0.05) is 6.08 Å². The van der Waals surface area contributed by atoms with Crippen LogP contribution in [0.1, 0.15) is 5.56 Å². The number of benzene rings is 1. The van der Waals surface area contributed by atoms with Crippen LogP contribution in [0.2, 0.25) is 0 Å². The number of hydrogen-bond acceptors (Lipinski definition) is 2. The fraction of sp³-hybridized carbons (Fsp3) is 0.100. The maximum absolute atomic E-state index is 11.6. The van der Waals surface area contributed by atoms with Crippen molar-refractivity contribution in [3.8, 4) is 0 Å². The van der Waals surface area contributed by atoms with Crippen molar-refractivity contribution in [2.45, 2.75) is 5.54 Å². The molecule has 0 spiro atoms. The van der Waals surface area contributed by atoms with Gasteiger partial charge in [-0.2, -0.15) is 0 Å². The number of nitrogens with two attached hydrogens (primary N) is 1. The first-order valence-corrected chi connectivity index (χ1v) is 5.20. The second-order valence-corrected chi connectivity index (χ2v) is 4.46. The molecule has 1 unspecified atom stereocenters. The number of fused-ring (bicyclic) bond motifs is 1. The van der Waals surface area contributed by atoms with Gasteiger partial charge in [0.1, 0.15) is 5.54 Å². The van der Waals surface area contributed by atoms with Crippen LogP contribution >= 0.6 is 22.6 Å². The molecular weight excluding hydrogens is 291 g/mol. The van der Waals surface area contributed by atoms with Crippen LogP contribution in [-0.2, 0) is 10.3 Å². The number of nitrogens with one attached hydrogen (secondary N) is 1. The number of hydrogen-bond donors (Lipinski definition) is 2. The summed E-state index contributed by atoms with van der Waals surface area (Å²) in [6.45, 7) is 3.61. The van der Waals surface area contributed by atoms with E-state index in [0.29, 0.717) is 0 Å². The molecule has 0 aromatic heterocycles. The number of anilines is 1. The quantitative estimate of drug-likeness (QED) is 0.611. The summed E-state index contributed by atoms with van der Waals surface area (Å²) in [7, 11) is 0. The van der Waals surface area contributed by atoms with Gasteiger partial charge in [0.2, 0.25) is 0 Å². The van der Waals surface area contributed by atoms with Crippen LogP contribution in [0.3, 0.4) is 0 Å². The third-order valence-electron chi connectivity index (χ3n) is 2.37. The zero-order valence-electron chi connectivity index (χ0n) is 7.38. The van der Waals surface area contributed by atoms with E-state index in [1.165, 1.54) is 6.08 Å². The van der Waals surface area contributed by atoms with Gasteiger partial charge in [0.15, 0.2) is 0 Å². The summed E-state index contributed by atoms with van der Waals surface area (Å²) in [4.78, 5) is 11.6. The molecule has 0 radical (unpaired) electrons. The maximum Gasteiger partial charge on any atom is 0.253 e. The normalized spacial score (nSPS) is 24.3. The molecule has 2 rings (SSSR count). The Kier molecular flexibility index (Phi) is 2.11. The summed E-state index contributed by atoms with van der Waals surface area (Å²) in [5, 5.41) is 2.73. The van der Waals surface area contributed by atoms with Crippen molar-refractivity contribution in [3.63, 3.8) is 0 Å². The lowest BCUT2D eigenvalue weighted by Crippen LogP contribution is -2.41. The van der Waals surface area contributed by atoms with Crippen molar-refractivity contribution < 1.29 is 4.79 Å². The number of carbonyl (C=O) groups excluding carboxylic acids is 1. The zero-order chi connectivity index (χ0) is 10.3. The third kappa shape index (κ3) is 1.18. The van der Waals surface area contributed by atoms with E-state index in [4.69, 9.17) is 5.73 Å². The lowest BCUT2D eigenvalue weighted by Gasteiger charge is -2.16. The number of rotatable bonds is 1. The fourth-order valence-corrected chi connectivity index (χ4v) is 2.01. The topological polar surface area (TPSA) is 55.1 Å². The van der Waals surface area contributed by atoms with Crippen LogP contribution in [-0.4, -0.2) is 5.91 Å². The van der Waals surface area contributed by atoms with Crippen LogP contribution < -0.4 is 11.1 Å². The average Bonchev–Trinajstić information content (AvgIpc) is 2.41. The monoisotopic (exact) mass is 300 g/mol. The van der Waals surface area contributed by atoms with E-state index >= 15 is 0 Å². The van der Waals surface area contributed by atoms with Gasteiger partial charge in [-0.3, -0.25) is 4.79 Å². The van der Waals surface area contributed by atoms with Gasteiger partial charge in [-0.15, -0.1) is 6.58 Å². The van der Waals surface area contributed by atoms with Crippen LogP contribution in [0.25, 0.3) is 0 Å². The predicted octanol–water partition coefficient (Wildman–Crippen LogP) is 1.58. The fourth-order valence-electron chi connectivity index (χ4n) is 1.52. The molecule has 4 heteroatoms. The minimum Gasteiger partial charge on any atom is -0.324 e. The first-order valence-electron chi connectivity index (χ1n) is 4.12. The molecule has 3 nitrogen and oxygen atoms in total. The van der Waals surface area contributed by atoms with E-state index in [9.17, 15) is 4.79 Å². The highest BCUT2D eigenvalue weighted by Crippen LogP contribution is 2.35. The van der Waals surface area contributed by atoms with E-state index in [1.807, 2.05) is 18.2 Å². The Hall–Kier alpha value is -0.880. The predicted molar refractivity (Wildman–Crippen MR) is 63.9 cm³/mol. The molecule has 1 aliphatic rings. The van der Waals surface area contributed by atoms with E-state index in [1.54, 1.807) is 0 Å². The van der Waals surface area contributed by atoms with Crippen molar-refractivity contribution >= 4 is 34.2 Å². The molecule has 0 aliphatic carbocycles. The Morgan fingerprint density at radius 2 is 2.29 bits per heavy atom. The van der Waals surface area contributed by atoms with E-state index < -0.39 is 5.54 Å². The molecule has 1 atom stereocenters. The third-order valence-corrected chi connectivity index (χ3v) is 3.04. The number of amides is 1. The summed E-state index contributed by atoms with van der Waals surface area (Å²) in [5.41, 5.74) is 6.45. The molecule has 3 N–H and O–H groups in total. The first-order chi connectivity index (χ1) is 6.58. The van der Waals surface area contributed by atoms with Gasteiger partial charge in [0.25, 0.3) is 5.91 Å². The van der Waals surface area contributed by atoms with Crippen LogP contribution in [0, 0.1) is 3.57 Å².